The lowest BCUT2D eigenvalue weighted by Gasteiger charge is -2.16. The number of aromatic nitrogens is 2. The molecule has 12 heteroatoms. The van der Waals surface area contributed by atoms with Crippen molar-refractivity contribution >= 4 is 34.3 Å². The van der Waals surface area contributed by atoms with Crippen molar-refractivity contribution in [1.82, 2.24) is 15.5 Å². The van der Waals surface area contributed by atoms with Crippen LogP contribution in [0.25, 0.3) is 10.9 Å². The first-order valence-electron chi connectivity index (χ1n) is 11.1. The summed E-state index contributed by atoms with van der Waals surface area (Å²) in [6, 6.07) is 4.72. The topological polar surface area (TPSA) is 111 Å². The lowest BCUT2D eigenvalue weighted by Crippen LogP contribution is -2.29. The molecule has 7 nitrogen and oxygen atoms in total. The van der Waals surface area contributed by atoms with Gasteiger partial charge in [-0.15, -0.1) is 0 Å². The Balaban J connectivity index is 1.74. The number of benzene rings is 1. The minimum absolute atomic E-state index is 0.0297. The number of nitrogens with zero attached hydrogens (tertiary/aromatic N) is 2. The Morgan fingerprint density at radius 1 is 1.22 bits per heavy atom. The predicted molar refractivity (Wildman–Crippen MR) is 127 cm³/mol. The molecular formula is C25H21ClF4N4O3. The van der Waals surface area contributed by atoms with Crippen LogP contribution in [0.5, 0.6) is 0 Å². The smallest absolute Gasteiger partial charge is 0.364 e. The number of hydrogen-bond donors (Lipinski definition) is 2. The van der Waals surface area contributed by atoms with E-state index in [1.807, 2.05) is 13.8 Å². The summed E-state index contributed by atoms with van der Waals surface area (Å²) in [4.78, 5) is 28.9. The minimum atomic E-state index is -4.77. The fourth-order valence-electron chi connectivity index (χ4n) is 4.05. The van der Waals surface area contributed by atoms with E-state index in [-0.39, 0.29) is 45.1 Å². The zero-order valence-corrected chi connectivity index (χ0v) is 20.6. The third-order valence-electron chi connectivity index (χ3n) is 6.07. The highest BCUT2D eigenvalue weighted by Gasteiger charge is 2.42. The molecule has 1 unspecified atom stereocenters. The van der Waals surface area contributed by atoms with Crippen LogP contribution in [0.4, 0.5) is 17.6 Å². The van der Waals surface area contributed by atoms with Crippen molar-refractivity contribution < 1.29 is 31.7 Å². The van der Waals surface area contributed by atoms with Crippen LogP contribution in [0.1, 0.15) is 59.0 Å². The van der Waals surface area contributed by atoms with Crippen LogP contribution in [0.2, 0.25) is 5.02 Å². The van der Waals surface area contributed by atoms with Gasteiger partial charge in [-0.2, -0.15) is 13.2 Å². The van der Waals surface area contributed by atoms with Crippen molar-refractivity contribution in [3.8, 4) is 0 Å². The molecule has 0 bridgehead atoms. The molecule has 4 rings (SSSR count). The quantitative estimate of drug-likeness (QED) is 0.398. The number of primary amides is 1. The number of hydrogen-bond acceptors (Lipinski definition) is 5. The molecule has 2 heterocycles. The summed E-state index contributed by atoms with van der Waals surface area (Å²) in [5.74, 6) is -3.09. The molecule has 194 valence electrons. The van der Waals surface area contributed by atoms with Crippen molar-refractivity contribution in [3.05, 3.63) is 80.7 Å². The molecule has 0 spiro atoms. The third-order valence-corrected chi connectivity index (χ3v) is 6.36. The Hall–Kier alpha value is -3.73. The highest BCUT2D eigenvalue weighted by molar-refractivity contribution is 6.31. The molecule has 0 saturated heterocycles. The first kappa shape index (κ1) is 26.3. The first-order chi connectivity index (χ1) is 17.3. The number of fused-ring (bicyclic) bond motifs is 1. The molecular weight excluding hydrogens is 516 g/mol. The van der Waals surface area contributed by atoms with Gasteiger partial charge in [-0.05, 0) is 30.5 Å². The Morgan fingerprint density at radius 3 is 2.51 bits per heavy atom. The Labute approximate surface area is 213 Å². The second-order valence-electron chi connectivity index (χ2n) is 8.98. The van der Waals surface area contributed by atoms with Crippen LogP contribution < -0.4 is 11.1 Å². The lowest BCUT2D eigenvalue weighted by atomic mass is 9.98. The van der Waals surface area contributed by atoms with E-state index >= 15 is 0 Å². The molecule has 0 saturated carbocycles. The summed E-state index contributed by atoms with van der Waals surface area (Å²) in [6.07, 6.45) is -3.65. The number of allylic oxidation sites excluding steroid dienone is 3. The van der Waals surface area contributed by atoms with Gasteiger partial charge in [0.25, 0.3) is 11.8 Å². The number of nitrogens with two attached hydrogens (primary N) is 1. The summed E-state index contributed by atoms with van der Waals surface area (Å²) in [6.45, 7) is 5.29. The van der Waals surface area contributed by atoms with Gasteiger partial charge < -0.3 is 15.6 Å². The molecule has 37 heavy (non-hydrogen) atoms. The summed E-state index contributed by atoms with van der Waals surface area (Å²) < 4.78 is 61.2. The van der Waals surface area contributed by atoms with E-state index in [1.54, 1.807) is 6.07 Å². The molecule has 0 fully saturated rings. The van der Waals surface area contributed by atoms with Gasteiger partial charge in [0.15, 0.2) is 0 Å². The van der Waals surface area contributed by atoms with Gasteiger partial charge in [0.2, 0.25) is 0 Å². The van der Waals surface area contributed by atoms with Gasteiger partial charge >= 0.3 is 6.18 Å². The zero-order chi connectivity index (χ0) is 27.2. The molecule has 0 radical (unpaired) electrons. The van der Waals surface area contributed by atoms with Gasteiger partial charge in [-0.25, -0.2) is 9.37 Å². The van der Waals surface area contributed by atoms with Crippen molar-refractivity contribution in [2.24, 2.45) is 11.7 Å². The van der Waals surface area contributed by atoms with Crippen molar-refractivity contribution in [1.29, 1.82) is 0 Å². The molecule has 1 aromatic carbocycles. The Bertz CT molecular complexity index is 1490. The summed E-state index contributed by atoms with van der Waals surface area (Å²) in [5.41, 5.74) is 4.03. The average Bonchev–Trinajstić information content (AvgIpc) is 3.39. The number of carbonyl (C=O) groups is 2. The Morgan fingerprint density at radius 2 is 1.92 bits per heavy atom. The maximum atomic E-state index is 14.0. The normalized spacial score (nSPS) is 16.0. The van der Waals surface area contributed by atoms with Crippen LogP contribution in [0.15, 0.2) is 51.7 Å². The maximum absolute atomic E-state index is 14.0. The first-order valence-corrected chi connectivity index (χ1v) is 11.5. The number of pyridine rings is 1. The predicted octanol–water partition coefficient (Wildman–Crippen LogP) is 5.60. The maximum Gasteiger partial charge on any atom is 0.418 e. The molecule has 2 aromatic heterocycles. The largest absolute Gasteiger partial charge is 0.418 e. The summed E-state index contributed by atoms with van der Waals surface area (Å²) in [7, 11) is 0. The van der Waals surface area contributed by atoms with E-state index in [1.165, 1.54) is 6.92 Å². The molecule has 1 aliphatic carbocycles. The van der Waals surface area contributed by atoms with Crippen molar-refractivity contribution in [2.45, 2.75) is 39.3 Å². The van der Waals surface area contributed by atoms with Gasteiger partial charge in [0.05, 0.1) is 33.1 Å². The number of halogens is 5. The molecule has 3 aromatic rings. The van der Waals surface area contributed by atoms with E-state index in [4.69, 9.17) is 21.9 Å². The van der Waals surface area contributed by atoms with E-state index in [0.717, 1.165) is 24.3 Å². The van der Waals surface area contributed by atoms with E-state index in [9.17, 15) is 27.2 Å². The third kappa shape index (κ3) is 5.22. The van der Waals surface area contributed by atoms with Crippen LogP contribution in [-0.4, -0.2) is 28.1 Å². The van der Waals surface area contributed by atoms with Gasteiger partial charge in [-0.3, -0.25) is 9.59 Å². The molecule has 1 atom stereocenters. The van der Waals surface area contributed by atoms with E-state index < -0.39 is 41.0 Å². The number of rotatable bonds is 6. The number of nitrogens with one attached hydrogen (secondary N) is 1. The number of amides is 2. The fraction of sp³-hybridized carbons (Fsp3) is 0.280. The van der Waals surface area contributed by atoms with Crippen molar-refractivity contribution in [2.75, 3.05) is 0 Å². The van der Waals surface area contributed by atoms with Gasteiger partial charge in [0.1, 0.15) is 17.3 Å². The second kappa shape index (κ2) is 9.62. The molecule has 1 aliphatic rings. The van der Waals surface area contributed by atoms with Crippen molar-refractivity contribution in [3.63, 3.8) is 0 Å². The van der Waals surface area contributed by atoms with E-state index in [0.29, 0.717) is 11.5 Å². The van der Waals surface area contributed by atoms with Gasteiger partial charge in [-0.1, -0.05) is 36.7 Å². The standard InChI is InChI=1S/C25H21ClF4N4O3/c1-10(2)19-6-13(37-34-19)4-12-5-16(25(28,29)30)22(11(12)3)33-24(36)15-8-21(23(31)35)32-20-9-18(27)17(26)7-14(15)20/h5-10,12H,4H2,1-3H3,(H2,31,35)(H,33,36). The number of alkyl halides is 3. The summed E-state index contributed by atoms with van der Waals surface area (Å²) >= 11 is 5.85. The van der Waals surface area contributed by atoms with Crippen LogP contribution in [0.3, 0.4) is 0 Å². The van der Waals surface area contributed by atoms with Crippen LogP contribution in [0, 0.1) is 11.7 Å². The van der Waals surface area contributed by atoms with E-state index in [2.05, 4.69) is 15.5 Å². The average molecular weight is 537 g/mol. The zero-order valence-electron chi connectivity index (χ0n) is 19.8. The highest BCUT2D eigenvalue weighted by Crippen LogP contribution is 2.41. The number of carbonyl (C=O) groups excluding carboxylic acids is 2. The molecule has 3 N–H and O–H groups in total. The Kier molecular flexibility index (Phi) is 6.85. The molecule has 2 amide bonds. The monoisotopic (exact) mass is 536 g/mol. The second-order valence-corrected chi connectivity index (χ2v) is 9.38. The SMILES string of the molecule is CC1=C(NC(=O)c2cc(C(N)=O)nc3cc(F)c(Cl)cc23)C(C(F)(F)F)=CC1Cc1cc(C(C)C)no1. The lowest BCUT2D eigenvalue weighted by molar-refractivity contribution is -0.0896. The minimum Gasteiger partial charge on any atom is -0.364 e. The van der Waals surface area contributed by atoms with Crippen LogP contribution >= 0.6 is 11.6 Å². The highest BCUT2D eigenvalue weighted by atomic mass is 35.5. The fourth-order valence-corrected chi connectivity index (χ4v) is 4.22. The molecule has 0 aliphatic heterocycles. The van der Waals surface area contributed by atoms with Crippen LogP contribution in [-0.2, 0) is 6.42 Å². The summed E-state index contributed by atoms with van der Waals surface area (Å²) in [5, 5.41) is 5.95. The van der Waals surface area contributed by atoms with Gasteiger partial charge in [0, 0.05) is 29.9 Å².